The maximum Gasteiger partial charge on any atom is 0.152 e. The summed E-state index contributed by atoms with van der Waals surface area (Å²) >= 11 is 0. The number of hydrogen-bond acceptors (Lipinski definition) is 3. The van der Waals surface area contributed by atoms with Gasteiger partial charge < -0.3 is 0 Å². The monoisotopic (exact) mass is 406 g/mol. The Balaban J connectivity index is 1.74. The highest BCUT2D eigenvalue weighted by atomic mass is 32.2. The van der Waals surface area contributed by atoms with E-state index in [-0.39, 0.29) is 16.8 Å². The van der Waals surface area contributed by atoms with Gasteiger partial charge in [0.15, 0.2) is 9.84 Å². The molecule has 2 rings (SSSR count). The van der Waals surface area contributed by atoms with Crippen molar-refractivity contribution < 1.29 is 13.2 Å². The third-order valence-corrected chi connectivity index (χ3v) is 8.91. The quantitative estimate of drug-likeness (QED) is 0.467. The third-order valence-electron chi connectivity index (χ3n) is 6.62. The van der Waals surface area contributed by atoms with Crippen molar-refractivity contribution in [1.29, 1.82) is 0 Å². The Labute approximate surface area is 172 Å². The van der Waals surface area contributed by atoms with Gasteiger partial charge in [0.2, 0.25) is 0 Å². The molecule has 3 unspecified atom stereocenters. The molecule has 1 aromatic rings. The van der Waals surface area contributed by atoms with Crippen LogP contribution in [0.4, 0.5) is 0 Å². The van der Waals surface area contributed by atoms with Crippen LogP contribution in [0.25, 0.3) is 0 Å². The van der Waals surface area contributed by atoms with Crippen LogP contribution in [-0.2, 0) is 21.1 Å². The molecule has 28 heavy (non-hydrogen) atoms. The summed E-state index contributed by atoms with van der Waals surface area (Å²) < 4.78 is 23.6. The van der Waals surface area contributed by atoms with Crippen LogP contribution < -0.4 is 0 Å². The zero-order valence-corrected chi connectivity index (χ0v) is 18.9. The van der Waals surface area contributed by atoms with Gasteiger partial charge in [-0.05, 0) is 62.0 Å². The summed E-state index contributed by atoms with van der Waals surface area (Å²) in [6.07, 6.45) is 7.19. The van der Waals surface area contributed by atoms with Crippen molar-refractivity contribution in [3.05, 3.63) is 35.4 Å². The lowest BCUT2D eigenvalue weighted by Gasteiger charge is -2.34. The van der Waals surface area contributed by atoms with Gasteiger partial charge in [-0.25, -0.2) is 8.42 Å². The van der Waals surface area contributed by atoms with Crippen molar-refractivity contribution in [2.45, 2.75) is 90.2 Å². The Bertz CT molecular complexity index is 719. The van der Waals surface area contributed by atoms with Gasteiger partial charge in [0.25, 0.3) is 0 Å². The number of sulfone groups is 1. The first kappa shape index (κ1) is 23.1. The van der Waals surface area contributed by atoms with Crippen LogP contribution in [-0.4, -0.2) is 25.2 Å². The van der Waals surface area contributed by atoms with E-state index < -0.39 is 9.84 Å². The van der Waals surface area contributed by atoms with Gasteiger partial charge in [-0.2, -0.15) is 0 Å². The van der Waals surface area contributed by atoms with Crippen molar-refractivity contribution >= 4 is 15.6 Å². The summed E-state index contributed by atoms with van der Waals surface area (Å²) in [4.78, 5) is 12.2. The van der Waals surface area contributed by atoms with E-state index in [0.717, 1.165) is 30.2 Å². The fourth-order valence-corrected chi connectivity index (χ4v) is 5.37. The highest BCUT2D eigenvalue weighted by Gasteiger charge is 2.28. The van der Waals surface area contributed by atoms with E-state index in [1.165, 1.54) is 24.8 Å². The summed E-state index contributed by atoms with van der Waals surface area (Å²) in [5.74, 6) is 2.64. The fourth-order valence-electron chi connectivity index (χ4n) is 4.29. The molecule has 3 nitrogen and oxygen atoms in total. The van der Waals surface area contributed by atoms with Gasteiger partial charge in [0.1, 0.15) is 5.78 Å². The Kier molecular flexibility index (Phi) is 8.73. The number of hydrogen-bond donors (Lipinski definition) is 0. The van der Waals surface area contributed by atoms with E-state index in [4.69, 9.17) is 0 Å². The summed E-state index contributed by atoms with van der Waals surface area (Å²) in [6, 6.07) is 8.68. The first-order valence-corrected chi connectivity index (χ1v) is 12.7. The van der Waals surface area contributed by atoms with Crippen LogP contribution in [0.15, 0.2) is 24.3 Å². The average molecular weight is 407 g/mol. The van der Waals surface area contributed by atoms with Crippen molar-refractivity contribution in [1.82, 2.24) is 0 Å². The Morgan fingerprint density at radius 2 is 1.71 bits per heavy atom. The predicted octanol–water partition coefficient (Wildman–Crippen LogP) is 5.72. The number of ketones is 1. The van der Waals surface area contributed by atoms with Gasteiger partial charge in [-0.3, -0.25) is 4.79 Å². The van der Waals surface area contributed by atoms with Gasteiger partial charge in [-0.1, -0.05) is 57.4 Å². The third kappa shape index (κ3) is 6.72. The lowest BCUT2D eigenvalue weighted by Crippen LogP contribution is -2.22. The number of Topliss-reactive ketones (excluding diaryl/α,β-unsaturated/α-hetero) is 1. The minimum Gasteiger partial charge on any atom is -0.299 e. The van der Waals surface area contributed by atoms with Crippen LogP contribution in [0.1, 0.15) is 89.7 Å². The molecule has 0 spiro atoms. The topological polar surface area (TPSA) is 51.2 Å². The zero-order chi connectivity index (χ0) is 20.7. The van der Waals surface area contributed by atoms with Crippen molar-refractivity contribution in [3.63, 3.8) is 0 Å². The molecule has 0 saturated heterocycles. The summed E-state index contributed by atoms with van der Waals surface area (Å²) in [5, 5.41) is -0.308. The van der Waals surface area contributed by atoms with Gasteiger partial charge in [0.05, 0.1) is 11.0 Å². The van der Waals surface area contributed by atoms with E-state index in [9.17, 15) is 13.2 Å². The van der Waals surface area contributed by atoms with E-state index in [0.29, 0.717) is 25.2 Å². The molecule has 0 N–H and O–H groups in total. The molecule has 1 fully saturated rings. The second kappa shape index (κ2) is 10.6. The van der Waals surface area contributed by atoms with E-state index in [1.54, 1.807) is 13.8 Å². The van der Waals surface area contributed by atoms with Crippen molar-refractivity contribution in [3.8, 4) is 0 Å². The molecule has 1 aliphatic rings. The standard InChI is InChI=1S/C24H38O3S/c1-18(2)28(26,27)16-7-5-6-10-23(25)17-21-12-14-22(15-13-21)24-11-8-9-19(3)20(24)4/h12-15,18-20,24H,5-11,16-17H2,1-4H3. The first-order chi connectivity index (χ1) is 13.2. The van der Waals surface area contributed by atoms with Gasteiger partial charge >= 0.3 is 0 Å². The Hall–Kier alpha value is -1.16. The second-order valence-corrected chi connectivity index (χ2v) is 11.7. The summed E-state index contributed by atoms with van der Waals surface area (Å²) in [5.41, 5.74) is 2.51. The lowest BCUT2D eigenvalue weighted by molar-refractivity contribution is -0.118. The molecule has 0 bridgehead atoms. The van der Waals surface area contributed by atoms with Crippen LogP contribution in [0, 0.1) is 11.8 Å². The molecule has 0 heterocycles. The maximum atomic E-state index is 12.2. The lowest BCUT2D eigenvalue weighted by atomic mass is 9.71. The van der Waals surface area contributed by atoms with E-state index >= 15 is 0 Å². The largest absolute Gasteiger partial charge is 0.299 e. The molecule has 0 amide bonds. The van der Waals surface area contributed by atoms with Crippen molar-refractivity contribution in [2.75, 3.05) is 5.75 Å². The van der Waals surface area contributed by atoms with E-state index in [1.807, 2.05) is 0 Å². The predicted molar refractivity (Wildman–Crippen MR) is 117 cm³/mol. The van der Waals surface area contributed by atoms with Gasteiger partial charge in [0, 0.05) is 12.8 Å². The molecule has 1 aliphatic carbocycles. The smallest absolute Gasteiger partial charge is 0.152 e. The Morgan fingerprint density at radius 3 is 2.36 bits per heavy atom. The molecule has 0 radical (unpaired) electrons. The number of carbonyl (C=O) groups excluding carboxylic acids is 1. The zero-order valence-electron chi connectivity index (χ0n) is 18.1. The number of carbonyl (C=O) groups is 1. The minimum absolute atomic E-state index is 0.235. The summed E-state index contributed by atoms with van der Waals surface area (Å²) in [6.45, 7) is 8.18. The van der Waals surface area contributed by atoms with Crippen LogP contribution in [0.5, 0.6) is 0 Å². The van der Waals surface area contributed by atoms with Crippen molar-refractivity contribution in [2.24, 2.45) is 11.8 Å². The highest BCUT2D eigenvalue weighted by molar-refractivity contribution is 7.91. The van der Waals surface area contributed by atoms with Crippen LogP contribution in [0.3, 0.4) is 0 Å². The molecule has 1 saturated carbocycles. The fraction of sp³-hybridized carbons (Fsp3) is 0.708. The summed E-state index contributed by atoms with van der Waals surface area (Å²) in [7, 11) is -2.95. The maximum absolute atomic E-state index is 12.2. The molecule has 0 aromatic heterocycles. The molecule has 3 atom stereocenters. The van der Waals surface area contributed by atoms with Gasteiger partial charge in [-0.15, -0.1) is 0 Å². The average Bonchev–Trinajstić information content (AvgIpc) is 2.64. The molecule has 4 heteroatoms. The molecular formula is C24H38O3S. The van der Waals surface area contributed by atoms with E-state index in [2.05, 4.69) is 38.1 Å². The molecule has 1 aromatic carbocycles. The second-order valence-electron chi connectivity index (χ2n) is 9.06. The number of unbranched alkanes of at least 4 members (excludes halogenated alkanes) is 2. The SMILES string of the molecule is CC1CCCC(c2ccc(CC(=O)CCCCCS(=O)(=O)C(C)C)cc2)C1C. The number of benzene rings is 1. The minimum atomic E-state index is -2.95. The highest BCUT2D eigenvalue weighted by Crippen LogP contribution is 2.40. The molecular weight excluding hydrogens is 368 g/mol. The van der Waals surface area contributed by atoms with Crippen LogP contribution in [0.2, 0.25) is 0 Å². The van der Waals surface area contributed by atoms with Crippen LogP contribution >= 0.6 is 0 Å². The normalized spacial score (nSPS) is 23.1. The molecule has 0 aliphatic heterocycles. The molecule has 158 valence electrons. The number of rotatable bonds is 10. The Morgan fingerprint density at radius 1 is 1.04 bits per heavy atom. The first-order valence-electron chi connectivity index (χ1n) is 11.0.